The largest absolute Gasteiger partial charge is 0.507 e. The molecule has 0 aliphatic rings. The molecule has 0 radical (unpaired) electrons. The van der Waals surface area contributed by atoms with Crippen LogP contribution in [0.5, 0.6) is 5.75 Å². The van der Waals surface area contributed by atoms with Gasteiger partial charge in [0.1, 0.15) is 5.75 Å². The second kappa shape index (κ2) is 5.90. The average Bonchev–Trinajstić information content (AvgIpc) is 2.46. The number of aromatic hydroxyl groups is 1. The van der Waals surface area contributed by atoms with Crippen LogP contribution in [-0.4, -0.2) is 5.11 Å². The summed E-state index contributed by atoms with van der Waals surface area (Å²) in [4.78, 5) is 0. The first-order valence-corrected chi connectivity index (χ1v) is 6.28. The Hall–Kier alpha value is -2.79. The fourth-order valence-electron chi connectivity index (χ4n) is 1.90. The summed E-state index contributed by atoms with van der Waals surface area (Å²) < 4.78 is 0. The predicted octanol–water partition coefficient (Wildman–Crippen LogP) is 4.30. The van der Waals surface area contributed by atoms with Gasteiger partial charge >= 0.3 is 0 Å². The molecule has 2 aromatic rings. The maximum atomic E-state index is 9.76. The zero-order valence-electron chi connectivity index (χ0n) is 11.3. The Kier molecular flexibility index (Phi) is 4.02. The average molecular weight is 261 g/mol. The molecule has 20 heavy (non-hydrogen) atoms. The van der Waals surface area contributed by atoms with Crippen LogP contribution in [0.25, 0.3) is 11.6 Å². The van der Waals surface area contributed by atoms with Gasteiger partial charge in [0.2, 0.25) is 0 Å². The summed E-state index contributed by atoms with van der Waals surface area (Å²) in [5.41, 5.74) is 3.99. The summed E-state index contributed by atoms with van der Waals surface area (Å²) in [6, 6.07) is 14.9. The fourth-order valence-corrected chi connectivity index (χ4v) is 1.90. The van der Waals surface area contributed by atoms with Crippen LogP contribution in [0.15, 0.2) is 55.1 Å². The van der Waals surface area contributed by atoms with E-state index in [2.05, 4.69) is 12.6 Å². The van der Waals surface area contributed by atoms with Crippen molar-refractivity contribution >= 4 is 11.6 Å². The van der Waals surface area contributed by atoms with Gasteiger partial charge in [-0.1, -0.05) is 49.1 Å². The summed E-state index contributed by atoms with van der Waals surface area (Å²) in [6.07, 6.45) is 3.72. The molecule has 0 saturated carbocycles. The van der Waals surface area contributed by atoms with Gasteiger partial charge in [-0.15, -0.1) is 0 Å². The van der Waals surface area contributed by atoms with E-state index in [9.17, 15) is 5.11 Å². The molecule has 2 rings (SSSR count). The molecule has 0 aliphatic heterocycles. The van der Waals surface area contributed by atoms with Crippen molar-refractivity contribution in [2.24, 2.45) is 0 Å². The van der Waals surface area contributed by atoms with Crippen LogP contribution in [0.2, 0.25) is 0 Å². The third-order valence-corrected chi connectivity index (χ3v) is 3.11. The van der Waals surface area contributed by atoms with E-state index in [1.165, 1.54) is 0 Å². The van der Waals surface area contributed by atoms with Crippen molar-refractivity contribution in [2.45, 2.75) is 6.92 Å². The maximum Gasteiger partial charge on any atom is 0.123 e. The van der Waals surface area contributed by atoms with Crippen molar-refractivity contribution in [3.8, 4) is 11.8 Å². The molecule has 2 heteroatoms. The van der Waals surface area contributed by atoms with Crippen molar-refractivity contribution in [1.82, 2.24) is 0 Å². The van der Waals surface area contributed by atoms with Crippen LogP contribution in [-0.2, 0) is 0 Å². The molecule has 2 nitrogen and oxygen atoms in total. The van der Waals surface area contributed by atoms with E-state index in [0.717, 1.165) is 16.7 Å². The summed E-state index contributed by atoms with van der Waals surface area (Å²) in [5, 5.41) is 18.8. The molecule has 98 valence electrons. The second-order valence-electron chi connectivity index (χ2n) is 4.56. The molecule has 0 aromatic heterocycles. The number of benzene rings is 2. The number of nitrogens with zero attached hydrogens (tertiary/aromatic N) is 1. The monoisotopic (exact) mass is 261 g/mol. The minimum atomic E-state index is 0.212. The van der Waals surface area contributed by atoms with E-state index in [0.29, 0.717) is 11.1 Å². The number of hydrogen-bond donors (Lipinski definition) is 1. The zero-order valence-corrected chi connectivity index (χ0v) is 11.3. The standard InChI is InChI=1S/C18H15NO/c1-13-7-9-15(11-16(13)12-19)10-8-14(2)17-5-3-4-6-18(17)20/h3-11,20H,2H2,1H3/b10-8+. The predicted molar refractivity (Wildman–Crippen MR) is 82.1 cm³/mol. The van der Waals surface area contributed by atoms with Gasteiger partial charge in [0.25, 0.3) is 0 Å². The van der Waals surface area contributed by atoms with E-state index in [1.807, 2.05) is 49.4 Å². The Balaban J connectivity index is 2.24. The molecule has 0 fully saturated rings. The van der Waals surface area contributed by atoms with Crippen molar-refractivity contribution < 1.29 is 5.11 Å². The number of hydrogen-bond acceptors (Lipinski definition) is 2. The molecule has 2 aromatic carbocycles. The highest BCUT2D eigenvalue weighted by molar-refractivity contribution is 5.80. The lowest BCUT2D eigenvalue weighted by molar-refractivity contribution is 0.474. The maximum absolute atomic E-state index is 9.76. The number of aryl methyl sites for hydroxylation is 1. The van der Waals surface area contributed by atoms with Gasteiger partial charge in [-0.25, -0.2) is 0 Å². The molecule has 0 spiro atoms. The van der Waals surface area contributed by atoms with Crippen molar-refractivity contribution in [3.63, 3.8) is 0 Å². The highest BCUT2D eigenvalue weighted by atomic mass is 16.3. The molecule has 1 N–H and O–H groups in total. The molecule has 0 atom stereocenters. The first kappa shape index (κ1) is 13.6. The Labute approximate surface area is 118 Å². The van der Waals surface area contributed by atoms with E-state index in [-0.39, 0.29) is 5.75 Å². The molecular formula is C18H15NO. The SMILES string of the molecule is C=C(/C=C/c1ccc(C)c(C#N)c1)c1ccccc1O. The van der Waals surface area contributed by atoms with Crippen molar-refractivity contribution in [2.75, 3.05) is 0 Å². The third-order valence-electron chi connectivity index (χ3n) is 3.11. The molecule has 0 aliphatic carbocycles. The Morgan fingerprint density at radius 1 is 1.25 bits per heavy atom. The van der Waals surface area contributed by atoms with Crippen LogP contribution >= 0.6 is 0 Å². The zero-order chi connectivity index (χ0) is 14.5. The van der Waals surface area contributed by atoms with Gasteiger partial charge < -0.3 is 5.11 Å². The third kappa shape index (κ3) is 2.96. The van der Waals surface area contributed by atoms with E-state index in [4.69, 9.17) is 5.26 Å². The molecule has 0 unspecified atom stereocenters. The molecule has 0 bridgehead atoms. The Bertz CT molecular complexity index is 720. The van der Waals surface area contributed by atoms with Crippen LogP contribution in [0, 0.1) is 18.3 Å². The van der Waals surface area contributed by atoms with E-state index >= 15 is 0 Å². The number of para-hydroxylation sites is 1. The van der Waals surface area contributed by atoms with Crippen LogP contribution in [0.4, 0.5) is 0 Å². The number of phenols is 1. The Morgan fingerprint density at radius 2 is 2.00 bits per heavy atom. The summed E-state index contributed by atoms with van der Waals surface area (Å²) in [5.74, 6) is 0.212. The van der Waals surface area contributed by atoms with Crippen LogP contribution in [0.1, 0.15) is 22.3 Å². The normalized spacial score (nSPS) is 10.4. The fraction of sp³-hybridized carbons (Fsp3) is 0.0556. The van der Waals surface area contributed by atoms with E-state index in [1.54, 1.807) is 12.1 Å². The van der Waals surface area contributed by atoms with Gasteiger partial charge in [0.05, 0.1) is 11.6 Å². The lowest BCUT2D eigenvalue weighted by atomic mass is 10.0. The first-order chi connectivity index (χ1) is 9.61. The number of nitriles is 1. The molecule has 0 heterocycles. The van der Waals surface area contributed by atoms with Gasteiger partial charge in [-0.2, -0.15) is 5.26 Å². The second-order valence-corrected chi connectivity index (χ2v) is 4.56. The van der Waals surface area contributed by atoms with Crippen molar-refractivity contribution in [3.05, 3.63) is 77.4 Å². The number of phenolic OH excluding ortho intramolecular Hbond substituents is 1. The molecule has 0 amide bonds. The quantitative estimate of drug-likeness (QED) is 0.837. The highest BCUT2D eigenvalue weighted by Gasteiger charge is 2.01. The number of allylic oxidation sites excluding steroid dienone is 2. The van der Waals surface area contributed by atoms with Crippen LogP contribution < -0.4 is 0 Å². The lowest BCUT2D eigenvalue weighted by Crippen LogP contribution is -1.84. The number of rotatable bonds is 3. The topological polar surface area (TPSA) is 44.0 Å². The summed E-state index contributed by atoms with van der Waals surface area (Å²) in [7, 11) is 0. The first-order valence-electron chi connectivity index (χ1n) is 6.28. The lowest BCUT2D eigenvalue weighted by Gasteiger charge is -2.03. The van der Waals surface area contributed by atoms with Crippen molar-refractivity contribution in [1.29, 1.82) is 5.26 Å². The minimum Gasteiger partial charge on any atom is -0.507 e. The van der Waals surface area contributed by atoms with Gasteiger partial charge in [-0.05, 0) is 35.8 Å². The minimum absolute atomic E-state index is 0.212. The van der Waals surface area contributed by atoms with E-state index < -0.39 is 0 Å². The van der Waals surface area contributed by atoms with Gasteiger partial charge in [0.15, 0.2) is 0 Å². The van der Waals surface area contributed by atoms with Gasteiger partial charge in [-0.3, -0.25) is 0 Å². The molecular weight excluding hydrogens is 246 g/mol. The smallest absolute Gasteiger partial charge is 0.123 e. The highest BCUT2D eigenvalue weighted by Crippen LogP contribution is 2.24. The summed E-state index contributed by atoms with van der Waals surface area (Å²) in [6.45, 7) is 5.86. The summed E-state index contributed by atoms with van der Waals surface area (Å²) >= 11 is 0. The Morgan fingerprint density at radius 3 is 2.70 bits per heavy atom. The van der Waals surface area contributed by atoms with Gasteiger partial charge in [0, 0.05) is 5.56 Å². The van der Waals surface area contributed by atoms with Crippen LogP contribution in [0.3, 0.4) is 0 Å². The molecule has 0 saturated heterocycles.